The number of hydrogen-bond acceptors (Lipinski definition) is 5. The van der Waals surface area contributed by atoms with Gasteiger partial charge in [-0.25, -0.2) is 9.48 Å². The smallest absolute Gasteiger partial charge is 0.346 e. The van der Waals surface area contributed by atoms with Gasteiger partial charge in [0.25, 0.3) is 5.56 Å². The molecule has 2 aromatic rings. The number of rotatable bonds is 3. The number of aryl methyl sites for hydroxylation is 2. The molecule has 0 amide bonds. The van der Waals surface area contributed by atoms with Crippen molar-refractivity contribution in [3.8, 4) is 0 Å². The number of hydrogen-bond donors (Lipinski definition) is 1. The summed E-state index contributed by atoms with van der Waals surface area (Å²) in [5.74, 6) is 0.210. The van der Waals surface area contributed by atoms with Crippen LogP contribution in [0.2, 0.25) is 0 Å². The molecule has 3 rings (SSSR count). The van der Waals surface area contributed by atoms with Gasteiger partial charge in [-0.3, -0.25) is 9.36 Å². The van der Waals surface area contributed by atoms with Gasteiger partial charge >= 0.3 is 5.69 Å². The van der Waals surface area contributed by atoms with E-state index < -0.39 is 11.2 Å². The maximum atomic E-state index is 12.1. The van der Waals surface area contributed by atoms with Gasteiger partial charge in [-0.1, -0.05) is 18.2 Å². The van der Waals surface area contributed by atoms with Crippen LogP contribution in [-0.4, -0.2) is 34.0 Å². The lowest BCUT2D eigenvalue weighted by molar-refractivity contribution is 0.567. The Morgan fingerprint density at radius 3 is 2.74 bits per heavy atom. The lowest BCUT2D eigenvalue weighted by Crippen LogP contribution is -2.44. The Labute approximate surface area is 134 Å². The minimum Gasteiger partial charge on any atom is -0.370 e. The first-order valence-electron chi connectivity index (χ1n) is 7.68. The predicted octanol–water partition coefficient (Wildman–Crippen LogP) is 0.342. The second-order valence-corrected chi connectivity index (χ2v) is 5.93. The summed E-state index contributed by atoms with van der Waals surface area (Å²) in [5, 5.41) is 7.13. The van der Waals surface area contributed by atoms with Crippen LogP contribution in [0.5, 0.6) is 0 Å². The van der Waals surface area contributed by atoms with Crippen molar-refractivity contribution in [3.05, 3.63) is 50.7 Å². The Bertz CT molecular complexity index is 839. The van der Waals surface area contributed by atoms with Gasteiger partial charge < -0.3 is 10.2 Å². The highest BCUT2D eigenvalue weighted by Crippen LogP contribution is 2.28. The van der Waals surface area contributed by atoms with Gasteiger partial charge in [0.15, 0.2) is 0 Å². The van der Waals surface area contributed by atoms with E-state index in [4.69, 9.17) is 0 Å². The average Bonchev–Trinajstić information content (AvgIpc) is 2.57. The molecule has 0 saturated carbocycles. The normalized spacial score (nSPS) is 17.0. The van der Waals surface area contributed by atoms with Crippen LogP contribution in [0, 0.1) is 0 Å². The topological polar surface area (TPSA) is 72.2 Å². The molecule has 0 fully saturated rings. The summed E-state index contributed by atoms with van der Waals surface area (Å²) < 4.78 is 2.23. The molecule has 0 saturated heterocycles. The van der Waals surface area contributed by atoms with Gasteiger partial charge in [-0.2, -0.15) is 0 Å². The van der Waals surface area contributed by atoms with E-state index >= 15 is 0 Å². The Kier molecular flexibility index (Phi) is 3.94. The van der Waals surface area contributed by atoms with E-state index in [0.717, 1.165) is 17.4 Å². The van der Waals surface area contributed by atoms with Gasteiger partial charge in [-0.15, -0.1) is 5.10 Å². The second kappa shape index (κ2) is 5.91. The number of likely N-dealkylation sites (N-methyl/N-ethyl adjacent to an activating group) is 1. The fraction of sp³-hybridized carbons (Fsp3) is 0.438. The summed E-state index contributed by atoms with van der Waals surface area (Å²) in [6.07, 6.45) is 2.03. The number of nitrogens with zero attached hydrogens (tertiary/aromatic N) is 4. The molecule has 1 aromatic heterocycles. The molecule has 0 bridgehead atoms. The third-order valence-corrected chi connectivity index (χ3v) is 4.49. The monoisotopic (exact) mass is 315 g/mol. The van der Waals surface area contributed by atoms with Gasteiger partial charge in [0.05, 0.1) is 0 Å². The minimum atomic E-state index is -0.427. The van der Waals surface area contributed by atoms with Gasteiger partial charge in [0, 0.05) is 39.4 Å². The van der Waals surface area contributed by atoms with Crippen molar-refractivity contribution in [2.75, 3.05) is 23.8 Å². The Morgan fingerprint density at radius 1 is 1.22 bits per heavy atom. The minimum absolute atomic E-state index is 0.210. The van der Waals surface area contributed by atoms with Crippen molar-refractivity contribution < 1.29 is 0 Å². The zero-order chi connectivity index (χ0) is 16.6. The van der Waals surface area contributed by atoms with Gasteiger partial charge in [0.1, 0.15) is 0 Å². The first kappa shape index (κ1) is 15.3. The predicted molar refractivity (Wildman–Crippen MR) is 90.2 cm³/mol. The fourth-order valence-electron chi connectivity index (χ4n) is 3.04. The van der Waals surface area contributed by atoms with Crippen LogP contribution < -0.4 is 21.5 Å². The van der Waals surface area contributed by atoms with Crippen molar-refractivity contribution in [1.29, 1.82) is 0 Å². The number of benzene rings is 1. The zero-order valence-electron chi connectivity index (χ0n) is 13.6. The molecule has 7 nitrogen and oxygen atoms in total. The van der Waals surface area contributed by atoms with Crippen molar-refractivity contribution in [3.63, 3.8) is 0 Å². The molecule has 122 valence electrons. The van der Waals surface area contributed by atoms with Crippen LogP contribution in [0.3, 0.4) is 0 Å². The summed E-state index contributed by atoms with van der Waals surface area (Å²) in [7, 11) is 5.06. The van der Waals surface area contributed by atoms with E-state index in [9.17, 15) is 9.59 Å². The summed E-state index contributed by atoms with van der Waals surface area (Å²) >= 11 is 0. The van der Waals surface area contributed by atoms with Crippen molar-refractivity contribution in [1.82, 2.24) is 14.3 Å². The number of nitrogens with one attached hydrogen (secondary N) is 1. The molecule has 1 aromatic carbocycles. The zero-order valence-corrected chi connectivity index (χ0v) is 13.6. The Hall–Kier alpha value is -2.57. The maximum Gasteiger partial charge on any atom is 0.346 e. The van der Waals surface area contributed by atoms with E-state index in [0.29, 0.717) is 6.54 Å². The summed E-state index contributed by atoms with van der Waals surface area (Å²) in [6, 6.07) is 8.64. The molecule has 0 aliphatic carbocycles. The van der Waals surface area contributed by atoms with E-state index in [1.165, 1.54) is 30.0 Å². The summed E-state index contributed by atoms with van der Waals surface area (Å²) in [6.45, 7) is 0.602. The van der Waals surface area contributed by atoms with Gasteiger partial charge in [0.2, 0.25) is 5.82 Å². The van der Waals surface area contributed by atoms with E-state index in [2.05, 4.69) is 40.6 Å². The van der Waals surface area contributed by atoms with Crippen LogP contribution in [-0.2, 0) is 20.5 Å². The maximum absolute atomic E-state index is 12.1. The van der Waals surface area contributed by atoms with Crippen LogP contribution in [0.1, 0.15) is 12.0 Å². The summed E-state index contributed by atoms with van der Waals surface area (Å²) in [5.41, 5.74) is 1.76. The third-order valence-electron chi connectivity index (χ3n) is 4.49. The van der Waals surface area contributed by atoms with E-state index in [-0.39, 0.29) is 11.9 Å². The first-order valence-corrected chi connectivity index (χ1v) is 7.68. The average molecular weight is 315 g/mol. The number of para-hydroxylation sites is 1. The van der Waals surface area contributed by atoms with E-state index in [1.54, 1.807) is 0 Å². The van der Waals surface area contributed by atoms with Crippen LogP contribution in [0.25, 0.3) is 0 Å². The molecule has 0 spiro atoms. The highest BCUT2D eigenvalue weighted by Gasteiger charge is 2.23. The molecule has 1 unspecified atom stereocenters. The van der Waals surface area contributed by atoms with Crippen molar-refractivity contribution in [2.45, 2.75) is 18.9 Å². The molecule has 1 atom stereocenters. The lowest BCUT2D eigenvalue weighted by atomic mass is 9.96. The molecule has 1 aliphatic heterocycles. The summed E-state index contributed by atoms with van der Waals surface area (Å²) in [4.78, 5) is 26.0. The van der Waals surface area contributed by atoms with Crippen LogP contribution in [0.15, 0.2) is 33.9 Å². The second-order valence-electron chi connectivity index (χ2n) is 5.93. The molecule has 23 heavy (non-hydrogen) atoms. The highest BCUT2D eigenvalue weighted by molar-refractivity contribution is 5.56. The standard InChI is InChI=1S/C16H21N5O2/c1-19-12(9-8-11-6-4-5-7-13(11)19)10-17-14-15(22)20(2)16(23)21(3)18-14/h4-7,12H,8-10H2,1-3H3,(H,17,18). The number of aromatic nitrogens is 3. The first-order chi connectivity index (χ1) is 11.0. The molecular weight excluding hydrogens is 294 g/mol. The fourth-order valence-corrected chi connectivity index (χ4v) is 3.04. The Morgan fingerprint density at radius 2 is 1.96 bits per heavy atom. The van der Waals surface area contributed by atoms with Crippen LogP contribution >= 0.6 is 0 Å². The molecule has 7 heteroatoms. The number of anilines is 2. The molecular formula is C16H21N5O2. The molecule has 0 radical (unpaired) electrons. The highest BCUT2D eigenvalue weighted by atomic mass is 16.2. The molecule has 2 heterocycles. The Balaban J connectivity index is 1.78. The SMILES string of the molecule is CN1c2ccccc2CCC1CNc1nn(C)c(=O)n(C)c1=O. The van der Waals surface area contributed by atoms with Crippen LogP contribution in [0.4, 0.5) is 11.5 Å². The molecule has 1 N–H and O–H groups in total. The third kappa shape index (κ3) is 2.74. The molecule has 1 aliphatic rings. The van der Waals surface area contributed by atoms with E-state index in [1.807, 2.05) is 6.07 Å². The van der Waals surface area contributed by atoms with Crippen molar-refractivity contribution >= 4 is 11.5 Å². The van der Waals surface area contributed by atoms with Gasteiger partial charge in [-0.05, 0) is 24.5 Å². The lowest BCUT2D eigenvalue weighted by Gasteiger charge is -2.36. The largest absolute Gasteiger partial charge is 0.370 e. The quantitative estimate of drug-likeness (QED) is 0.884. The van der Waals surface area contributed by atoms with Crippen molar-refractivity contribution in [2.24, 2.45) is 14.1 Å². The number of fused-ring (bicyclic) bond motifs is 1.